The molecule has 0 saturated carbocycles. The number of carbonyl (C=O) groups excluding carboxylic acids is 1. The third kappa shape index (κ3) is 3.39. The van der Waals surface area contributed by atoms with Crippen molar-refractivity contribution in [2.75, 3.05) is 26.2 Å². The normalized spacial score (nSPS) is 28.7. The Bertz CT molecular complexity index is 341. The molecule has 108 valence electrons. The SMILES string of the molecule is CC1CN(C(=O)N2CCC(CC(=O)O)CC2)CC1C. The van der Waals surface area contributed by atoms with Crippen molar-refractivity contribution in [3.8, 4) is 0 Å². The van der Waals surface area contributed by atoms with Gasteiger partial charge in [-0.3, -0.25) is 4.79 Å². The predicted octanol–water partition coefficient (Wildman–Crippen LogP) is 1.88. The van der Waals surface area contributed by atoms with Gasteiger partial charge in [0.2, 0.25) is 0 Å². The maximum absolute atomic E-state index is 12.4. The van der Waals surface area contributed by atoms with Crippen molar-refractivity contribution >= 4 is 12.0 Å². The van der Waals surface area contributed by atoms with Gasteiger partial charge in [-0.2, -0.15) is 0 Å². The first-order chi connectivity index (χ1) is 8.97. The molecule has 0 aliphatic carbocycles. The summed E-state index contributed by atoms with van der Waals surface area (Å²) in [5.41, 5.74) is 0. The average molecular weight is 268 g/mol. The number of likely N-dealkylation sites (tertiary alicyclic amines) is 2. The van der Waals surface area contributed by atoms with Crippen LogP contribution < -0.4 is 0 Å². The fourth-order valence-corrected chi connectivity index (χ4v) is 3.06. The molecule has 0 bridgehead atoms. The van der Waals surface area contributed by atoms with E-state index in [1.54, 1.807) is 0 Å². The molecule has 19 heavy (non-hydrogen) atoms. The number of rotatable bonds is 2. The van der Waals surface area contributed by atoms with Crippen LogP contribution in [-0.4, -0.2) is 53.1 Å². The number of carboxylic acids is 1. The van der Waals surface area contributed by atoms with Crippen molar-refractivity contribution in [1.29, 1.82) is 0 Å². The topological polar surface area (TPSA) is 60.9 Å². The highest BCUT2D eigenvalue weighted by Gasteiger charge is 2.33. The maximum atomic E-state index is 12.4. The summed E-state index contributed by atoms with van der Waals surface area (Å²) in [7, 11) is 0. The first-order valence-electron chi connectivity index (χ1n) is 7.23. The van der Waals surface area contributed by atoms with E-state index in [4.69, 9.17) is 5.11 Å². The van der Waals surface area contributed by atoms with E-state index in [1.807, 2.05) is 9.80 Å². The summed E-state index contributed by atoms with van der Waals surface area (Å²) in [6.45, 7) is 7.50. The van der Waals surface area contributed by atoms with Crippen LogP contribution in [0.1, 0.15) is 33.1 Å². The van der Waals surface area contributed by atoms with Gasteiger partial charge in [0.15, 0.2) is 0 Å². The van der Waals surface area contributed by atoms with Crippen LogP contribution >= 0.6 is 0 Å². The highest BCUT2D eigenvalue weighted by molar-refractivity contribution is 5.75. The second-order valence-corrected chi connectivity index (χ2v) is 6.17. The zero-order valence-corrected chi connectivity index (χ0v) is 11.8. The largest absolute Gasteiger partial charge is 0.481 e. The molecule has 2 amide bonds. The van der Waals surface area contributed by atoms with Gasteiger partial charge in [0.25, 0.3) is 0 Å². The molecule has 0 aromatic carbocycles. The molecule has 0 aromatic heterocycles. The minimum atomic E-state index is -0.730. The van der Waals surface area contributed by atoms with E-state index < -0.39 is 5.97 Å². The lowest BCUT2D eigenvalue weighted by atomic mass is 9.94. The van der Waals surface area contributed by atoms with Gasteiger partial charge in [0.1, 0.15) is 0 Å². The number of amides is 2. The molecule has 0 spiro atoms. The van der Waals surface area contributed by atoms with Crippen LogP contribution in [0, 0.1) is 17.8 Å². The Labute approximate surface area is 114 Å². The van der Waals surface area contributed by atoms with Gasteiger partial charge >= 0.3 is 12.0 Å². The van der Waals surface area contributed by atoms with Crippen LogP contribution in [0.3, 0.4) is 0 Å². The molecule has 2 heterocycles. The van der Waals surface area contributed by atoms with Crippen LogP contribution in [0.4, 0.5) is 4.79 Å². The van der Waals surface area contributed by atoms with Crippen molar-refractivity contribution in [3.05, 3.63) is 0 Å². The monoisotopic (exact) mass is 268 g/mol. The van der Waals surface area contributed by atoms with Crippen molar-refractivity contribution in [3.63, 3.8) is 0 Å². The Hall–Kier alpha value is -1.26. The number of piperidine rings is 1. The quantitative estimate of drug-likeness (QED) is 0.832. The summed E-state index contributed by atoms with van der Waals surface area (Å²) in [5, 5.41) is 8.78. The fourth-order valence-electron chi connectivity index (χ4n) is 3.06. The third-order valence-corrected chi connectivity index (χ3v) is 4.61. The second kappa shape index (κ2) is 5.80. The molecular formula is C14H24N2O3. The molecule has 2 rings (SSSR count). The van der Waals surface area contributed by atoms with Crippen LogP contribution in [0.5, 0.6) is 0 Å². The number of carbonyl (C=O) groups is 2. The number of hydrogen-bond donors (Lipinski definition) is 1. The summed E-state index contributed by atoms with van der Waals surface area (Å²) in [4.78, 5) is 26.9. The van der Waals surface area contributed by atoms with Gasteiger partial charge in [-0.1, -0.05) is 13.8 Å². The van der Waals surface area contributed by atoms with Gasteiger partial charge in [-0.15, -0.1) is 0 Å². The van der Waals surface area contributed by atoms with Gasteiger partial charge < -0.3 is 14.9 Å². The van der Waals surface area contributed by atoms with Crippen molar-refractivity contribution in [2.24, 2.45) is 17.8 Å². The number of hydrogen-bond acceptors (Lipinski definition) is 2. The Morgan fingerprint density at radius 2 is 1.58 bits per heavy atom. The molecule has 2 atom stereocenters. The maximum Gasteiger partial charge on any atom is 0.320 e. The molecule has 1 N–H and O–H groups in total. The first kappa shape index (κ1) is 14.2. The van der Waals surface area contributed by atoms with Crippen LogP contribution in [0.25, 0.3) is 0 Å². The molecule has 2 aliphatic rings. The molecule has 5 heteroatoms. The highest BCUT2D eigenvalue weighted by atomic mass is 16.4. The van der Waals surface area contributed by atoms with Gasteiger partial charge in [-0.05, 0) is 30.6 Å². The van der Waals surface area contributed by atoms with E-state index >= 15 is 0 Å². The van der Waals surface area contributed by atoms with E-state index in [9.17, 15) is 9.59 Å². The zero-order valence-electron chi connectivity index (χ0n) is 11.8. The molecule has 0 aromatic rings. The third-order valence-electron chi connectivity index (χ3n) is 4.61. The van der Waals surface area contributed by atoms with E-state index in [-0.39, 0.29) is 18.4 Å². The molecule has 2 aliphatic heterocycles. The lowest BCUT2D eigenvalue weighted by molar-refractivity contribution is -0.138. The van der Waals surface area contributed by atoms with E-state index in [1.165, 1.54) is 0 Å². The molecule has 2 saturated heterocycles. The van der Waals surface area contributed by atoms with Crippen LogP contribution in [0.2, 0.25) is 0 Å². The minimum absolute atomic E-state index is 0.143. The minimum Gasteiger partial charge on any atom is -0.481 e. The lowest BCUT2D eigenvalue weighted by Crippen LogP contribution is -2.46. The van der Waals surface area contributed by atoms with E-state index in [2.05, 4.69) is 13.8 Å². The summed E-state index contributed by atoms with van der Waals surface area (Å²) in [6, 6.07) is 0.143. The summed E-state index contributed by atoms with van der Waals surface area (Å²) < 4.78 is 0. The average Bonchev–Trinajstić information content (AvgIpc) is 2.69. The van der Waals surface area contributed by atoms with Gasteiger partial charge in [-0.25, -0.2) is 4.79 Å². The predicted molar refractivity (Wildman–Crippen MR) is 71.8 cm³/mol. The number of urea groups is 1. The van der Waals surface area contributed by atoms with Crippen LogP contribution in [0.15, 0.2) is 0 Å². The molecule has 5 nitrogen and oxygen atoms in total. The van der Waals surface area contributed by atoms with E-state index in [0.29, 0.717) is 24.9 Å². The van der Waals surface area contributed by atoms with Crippen molar-refractivity contribution < 1.29 is 14.7 Å². The molecule has 0 radical (unpaired) electrons. The second-order valence-electron chi connectivity index (χ2n) is 6.17. The molecular weight excluding hydrogens is 244 g/mol. The highest BCUT2D eigenvalue weighted by Crippen LogP contribution is 2.26. The Morgan fingerprint density at radius 1 is 1.05 bits per heavy atom. The first-order valence-corrected chi connectivity index (χ1v) is 7.23. The number of aliphatic carboxylic acids is 1. The molecule has 2 unspecified atom stereocenters. The van der Waals surface area contributed by atoms with Gasteiger partial charge in [0.05, 0.1) is 0 Å². The Kier molecular flexibility index (Phi) is 4.32. The standard InChI is InChI=1S/C14H24N2O3/c1-10-8-16(9-11(10)2)14(19)15-5-3-12(4-6-15)7-13(17)18/h10-12H,3-9H2,1-2H3,(H,17,18). The van der Waals surface area contributed by atoms with Gasteiger partial charge in [0, 0.05) is 32.6 Å². The number of carboxylic acid groups (broad SMARTS) is 1. The smallest absolute Gasteiger partial charge is 0.320 e. The van der Waals surface area contributed by atoms with Crippen molar-refractivity contribution in [2.45, 2.75) is 33.1 Å². The van der Waals surface area contributed by atoms with Crippen LogP contribution in [-0.2, 0) is 4.79 Å². The zero-order chi connectivity index (χ0) is 14.0. The number of nitrogens with zero attached hydrogens (tertiary/aromatic N) is 2. The Balaban J connectivity index is 1.81. The fraction of sp³-hybridized carbons (Fsp3) is 0.857. The van der Waals surface area contributed by atoms with Crippen molar-refractivity contribution in [1.82, 2.24) is 9.80 Å². The summed E-state index contributed by atoms with van der Waals surface area (Å²) in [5.74, 6) is 0.659. The lowest BCUT2D eigenvalue weighted by Gasteiger charge is -2.34. The summed E-state index contributed by atoms with van der Waals surface area (Å²) in [6.07, 6.45) is 1.87. The molecule has 2 fully saturated rings. The van der Waals surface area contributed by atoms with E-state index in [0.717, 1.165) is 25.9 Å². The summed E-state index contributed by atoms with van der Waals surface area (Å²) >= 11 is 0. The Morgan fingerprint density at radius 3 is 2.05 bits per heavy atom.